The van der Waals surface area contributed by atoms with Crippen LogP contribution in [0.3, 0.4) is 0 Å². The summed E-state index contributed by atoms with van der Waals surface area (Å²) < 4.78 is 2.16. The van der Waals surface area contributed by atoms with Gasteiger partial charge in [0.1, 0.15) is 17.9 Å². The highest BCUT2D eigenvalue weighted by Crippen LogP contribution is 2.31. The molecule has 0 fully saturated rings. The molecule has 2 nitrogen and oxygen atoms in total. The van der Waals surface area contributed by atoms with Crippen LogP contribution in [0.5, 0.6) is 0 Å². The molecule has 3 rings (SSSR count). The Labute approximate surface area is 140 Å². The van der Waals surface area contributed by atoms with Crippen LogP contribution in [0.1, 0.15) is 33.4 Å². The standard InChI is InChI=1S/C21H25N2/c1-14-9-16(3)20(17(4)10-14)22-7-8-23(13-22)21-18(5)11-15(2)12-19(21)6/h9-13H,7H2,1-6H3/q+1. The number of hydrogen-bond acceptors (Lipinski definition) is 1. The minimum atomic E-state index is 0.789. The number of hydrogen-bond donors (Lipinski definition) is 0. The van der Waals surface area contributed by atoms with E-state index < -0.39 is 0 Å². The van der Waals surface area contributed by atoms with Crippen molar-refractivity contribution < 1.29 is 4.58 Å². The Kier molecular flexibility index (Phi) is 4.01. The second kappa shape index (κ2) is 5.84. The van der Waals surface area contributed by atoms with Gasteiger partial charge in [-0.1, -0.05) is 35.4 Å². The summed E-state index contributed by atoms with van der Waals surface area (Å²) in [7, 11) is 0. The minimum absolute atomic E-state index is 0.789. The normalized spacial score (nSPS) is 14.3. The molecule has 118 valence electrons. The summed E-state index contributed by atoms with van der Waals surface area (Å²) in [6.07, 6.45) is 2.18. The molecule has 0 aliphatic carbocycles. The molecule has 0 atom stereocenters. The predicted octanol–water partition coefficient (Wildman–Crippen LogP) is 4.77. The second-order valence-corrected chi connectivity index (χ2v) is 6.77. The summed E-state index contributed by atoms with van der Waals surface area (Å²) in [4.78, 5) is 2.29. The molecule has 0 saturated carbocycles. The lowest BCUT2D eigenvalue weighted by Gasteiger charge is -2.13. The topological polar surface area (TPSA) is 6.25 Å². The fourth-order valence-electron chi connectivity index (χ4n) is 3.82. The van der Waals surface area contributed by atoms with Gasteiger partial charge in [0.25, 0.3) is 6.54 Å². The Balaban J connectivity index is 2.03. The molecule has 1 aliphatic heterocycles. The molecule has 2 radical (unpaired) electrons. The average molecular weight is 305 g/mol. The van der Waals surface area contributed by atoms with Crippen LogP contribution < -0.4 is 4.90 Å². The molecule has 0 bridgehead atoms. The van der Waals surface area contributed by atoms with Gasteiger partial charge in [0, 0.05) is 0 Å². The number of aryl methyl sites for hydroxylation is 6. The molecule has 2 heteroatoms. The van der Waals surface area contributed by atoms with Crippen LogP contribution in [0.2, 0.25) is 0 Å². The average Bonchev–Trinajstić information content (AvgIpc) is 2.85. The van der Waals surface area contributed by atoms with Crippen molar-refractivity contribution >= 4 is 17.7 Å². The maximum absolute atomic E-state index is 3.50. The van der Waals surface area contributed by atoms with Gasteiger partial charge < -0.3 is 0 Å². The van der Waals surface area contributed by atoms with Gasteiger partial charge >= 0.3 is 0 Å². The van der Waals surface area contributed by atoms with Gasteiger partial charge in [0.15, 0.2) is 0 Å². The van der Waals surface area contributed by atoms with Crippen molar-refractivity contribution in [1.29, 1.82) is 0 Å². The summed E-state index contributed by atoms with van der Waals surface area (Å²) in [5, 5.41) is 0. The molecule has 0 spiro atoms. The second-order valence-electron chi connectivity index (χ2n) is 6.77. The van der Waals surface area contributed by atoms with Crippen LogP contribution in [-0.4, -0.2) is 17.5 Å². The van der Waals surface area contributed by atoms with Gasteiger partial charge in [-0.25, -0.2) is 9.48 Å². The molecule has 2 aromatic carbocycles. The van der Waals surface area contributed by atoms with Crippen LogP contribution in [0.4, 0.5) is 11.4 Å². The van der Waals surface area contributed by atoms with E-state index in [9.17, 15) is 0 Å². The maximum atomic E-state index is 3.50. The van der Waals surface area contributed by atoms with Gasteiger partial charge in [-0.15, -0.1) is 0 Å². The first-order valence-corrected chi connectivity index (χ1v) is 8.17. The van der Waals surface area contributed by atoms with Crippen LogP contribution in [0.15, 0.2) is 24.3 Å². The zero-order valence-electron chi connectivity index (χ0n) is 15.0. The molecule has 0 saturated heterocycles. The minimum Gasteiger partial charge on any atom is -0.228 e. The first-order chi connectivity index (χ1) is 10.9. The Hall–Kier alpha value is -2.09. The Morgan fingerprint density at radius 1 is 0.783 bits per heavy atom. The van der Waals surface area contributed by atoms with Crippen LogP contribution in [0, 0.1) is 48.1 Å². The van der Waals surface area contributed by atoms with Gasteiger partial charge in [-0.05, 0) is 63.8 Å². The summed E-state index contributed by atoms with van der Waals surface area (Å²) in [6.45, 7) is 17.3. The van der Waals surface area contributed by atoms with E-state index in [4.69, 9.17) is 0 Å². The first-order valence-electron chi connectivity index (χ1n) is 8.17. The highest BCUT2D eigenvalue weighted by Gasteiger charge is 2.28. The number of benzene rings is 2. The molecule has 2 aromatic rings. The maximum Gasteiger partial charge on any atom is 0.252 e. The van der Waals surface area contributed by atoms with E-state index >= 15 is 0 Å². The predicted molar refractivity (Wildman–Crippen MR) is 97.9 cm³/mol. The van der Waals surface area contributed by atoms with Gasteiger partial charge in [-0.3, -0.25) is 0 Å². The summed E-state index contributed by atoms with van der Waals surface area (Å²) in [5.41, 5.74) is 10.4. The first kappa shape index (κ1) is 15.8. The van der Waals surface area contributed by atoms with E-state index in [0.717, 1.165) is 6.54 Å². The monoisotopic (exact) mass is 305 g/mol. The van der Waals surface area contributed by atoms with E-state index in [2.05, 4.69) is 88.2 Å². The molecule has 1 heterocycles. The lowest BCUT2D eigenvalue weighted by molar-refractivity contribution is -0.382. The number of rotatable bonds is 2. The van der Waals surface area contributed by atoms with Crippen molar-refractivity contribution in [2.24, 2.45) is 0 Å². The molecule has 0 N–H and O–H groups in total. The summed E-state index contributed by atoms with van der Waals surface area (Å²) in [5.74, 6) is 0. The van der Waals surface area contributed by atoms with Crippen molar-refractivity contribution in [3.05, 3.63) is 64.2 Å². The van der Waals surface area contributed by atoms with Crippen LogP contribution in [0.25, 0.3) is 0 Å². The van der Waals surface area contributed by atoms with E-state index in [1.807, 2.05) is 0 Å². The molecule has 0 aromatic heterocycles. The zero-order chi connectivity index (χ0) is 16.7. The third kappa shape index (κ3) is 2.90. The third-order valence-corrected chi connectivity index (χ3v) is 4.47. The van der Waals surface area contributed by atoms with Crippen LogP contribution in [-0.2, 0) is 0 Å². The molecule has 0 unspecified atom stereocenters. The fraction of sp³-hybridized carbons (Fsp3) is 0.333. The van der Waals surface area contributed by atoms with Crippen LogP contribution >= 0.6 is 0 Å². The number of nitrogens with zero attached hydrogens (tertiary/aromatic N) is 2. The molecular formula is C21H25N2+. The van der Waals surface area contributed by atoms with E-state index in [1.54, 1.807) is 0 Å². The van der Waals surface area contributed by atoms with Gasteiger partial charge in [0.2, 0.25) is 6.34 Å². The van der Waals surface area contributed by atoms with Crippen molar-refractivity contribution in [1.82, 2.24) is 0 Å². The lowest BCUT2D eigenvalue weighted by atomic mass is 10.0. The Bertz CT molecular complexity index is 753. The van der Waals surface area contributed by atoms with Crippen molar-refractivity contribution in [3.8, 4) is 0 Å². The Morgan fingerprint density at radius 2 is 1.26 bits per heavy atom. The molecule has 1 aliphatic rings. The third-order valence-electron chi connectivity index (χ3n) is 4.47. The summed E-state index contributed by atoms with van der Waals surface area (Å²) >= 11 is 0. The SMILES string of the molecule is Cc1cc(C)c(N2C=[N+](c3c(C)cc(C)cc3C)[C]C2)c(C)c1. The highest BCUT2D eigenvalue weighted by molar-refractivity contribution is 5.82. The lowest BCUT2D eigenvalue weighted by Crippen LogP contribution is -2.19. The quantitative estimate of drug-likeness (QED) is 0.724. The molecule has 23 heavy (non-hydrogen) atoms. The largest absolute Gasteiger partial charge is 0.252 e. The van der Waals surface area contributed by atoms with E-state index in [-0.39, 0.29) is 0 Å². The fourth-order valence-corrected chi connectivity index (χ4v) is 3.82. The van der Waals surface area contributed by atoms with Gasteiger partial charge in [0.05, 0.1) is 0 Å². The smallest absolute Gasteiger partial charge is 0.228 e. The van der Waals surface area contributed by atoms with Gasteiger partial charge in [-0.2, -0.15) is 0 Å². The molecule has 0 amide bonds. The van der Waals surface area contributed by atoms with Crippen molar-refractivity contribution in [2.75, 3.05) is 11.4 Å². The Morgan fingerprint density at radius 3 is 1.78 bits per heavy atom. The highest BCUT2D eigenvalue weighted by atomic mass is 15.3. The van der Waals surface area contributed by atoms with E-state index in [1.165, 1.54) is 44.8 Å². The number of anilines is 1. The van der Waals surface area contributed by atoms with Crippen molar-refractivity contribution in [3.63, 3.8) is 0 Å². The van der Waals surface area contributed by atoms with E-state index in [0.29, 0.717) is 0 Å². The summed E-state index contributed by atoms with van der Waals surface area (Å²) in [6, 6.07) is 8.98. The zero-order valence-corrected chi connectivity index (χ0v) is 15.0. The van der Waals surface area contributed by atoms with Crippen molar-refractivity contribution in [2.45, 2.75) is 41.5 Å². The molecular weight excluding hydrogens is 280 g/mol.